The fourth-order valence-electron chi connectivity index (χ4n) is 2.96. The number of ketones is 1. The van der Waals surface area contributed by atoms with Gasteiger partial charge in [-0.05, 0) is 25.0 Å². The molecule has 2 atom stereocenters. The zero-order chi connectivity index (χ0) is 14.8. The van der Waals surface area contributed by atoms with Gasteiger partial charge in [0.05, 0.1) is 18.5 Å². The highest BCUT2D eigenvalue weighted by atomic mass is 79.9. The van der Waals surface area contributed by atoms with Crippen LogP contribution in [-0.2, 0) is 4.79 Å². The summed E-state index contributed by atoms with van der Waals surface area (Å²) in [5.74, 6) is -0.241. The number of carbonyl (C=O) groups excluding carboxylic acids is 2. The van der Waals surface area contributed by atoms with Crippen LogP contribution in [0.5, 0.6) is 0 Å². The van der Waals surface area contributed by atoms with Gasteiger partial charge in [0.25, 0.3) is 5.91 Å². The Hall–Kier alpha value is -1.49. The second-order valence-electron chi connectivity index (χ2n) is 5.61. The molecule has 1 N–H and O–H groups in total. The van der Waals surface area contributed by atoms with Gasteiger partial charge in [0.1, 0.15) is 5.71 Å². The van der Waals surface area contributed by atoms with E-state index in [1.54, 1.807) is 12.1 Å². The van der Waals surface area contributed by atoms with E-state index in [0.29, 0.717) is 11.3 Å². The van der Waals surface area contributed by atoms with E-state index in [9.17, 15) is 9.59 Å². The molecule has 2 aliphatic rings. The highest BCUT2D eigenvalue weighted by Crippen LogP contribution is 2.24. The first-order valence-corrected chi connectivity index (χ1v) is 8.09. The van der Waals surface area contributed by atoms with Crippen LogP contribution in [0.2, 0.25) is 0 Å². The highest BCUT2D eigenvalue weighted by Gasteiger charge is 2.33. The standard InChI is InChI=1S/C16H17BrN2O2/c17-11-7-5-10(6-8-11)15(20)9-14-16(21)19-13-4-2-1-3-12(13)18-14/h5-8,12-13H,1-4,9H2,(H,19,21)/t12-,13-/m1/s1. The van der Waals surface area contributed by atoms with Crippen molar-refractivity contribution in [3.05, 3.63) is 34.3 Å². The third-order valence-electron chi connectivity index (χ3n) is 4.12. The van der Waals surface area contributed by atoms with Crippen molar-refractivity contribution < 1.29 is 9.59 Å². The minimum absolute atomic E-state index is 0.0642. The number of benzene rings is 1. The second-order valence-corrected chi connectivity index (χ2v) is 6.53. The van der Waals surface area contributed by atoms with Crippen molar-refractivity contribution in [2.75, 3.05) is 0 Å². The molecule has 1 aliphatic heterocycles. The molecule has 1 aromatic rings. The largest absolute Gasteiger partial charge is 0.346 e. The Balaban J connectivity index is 1.74. The van der Waals surface area contributed by atoms with Crippen molar-refractivity contribution in [1.29, 1.82) is 0 Å². The number of aliphatic imine (C=N–C) groups is 1. The summed E-state index contributed by atoms with van der Waals surface area (Å²) in [7, 11) is 0. The lowest BCUT2D eigenvalue weighted by Gasteiger charge is -2.33. The van der Waals surface area contributed by atoms with Crippen molar-refractivity contribution >= 4 is 33.3 Å². The molecule has 110 valence electrons. The molecule has 5 heteroatoms. The van der Waals surface area contributed by atoms with Crippen molar-refractivity contribution in [2.24, 2.45) is 4.99 Å². The molecule has 1 aliphatic carbocycles. The first-order valence-electron chi connectivity index (χ1n) is 7.30. The van der Waals surface area contributed by atoms with Crippen LogP contribution in [0.4, 0.5) is 0 Å². The van der Waals surface area contributed by atoms with Crippen molar-refractivity contribution in [3.63, 3.8) is 0 Å². The maximum atomic E-state index is 12.3. The SMILES string of the molecule is O=C1N[C@@H]2CCCC[C@H]2N=C1CC(=O)c1ccc(Br)cc1. The molecule has 1 saturated carbocycles. The Kier molecular flexibility index (Phi) is 4.19. The number of rotatable bonds is 3. The monoisotopic (exact) mass is 348 g/mol. The summed E-state index contributed by atoms with van der Waals surface area (Å²) < 4.78 is 0.928. The van der Waals surface area contributed by atoms with Gasteiger partial charge in [-0.2, -0.15) is 0 Å². The number of hydrogen-bond acceptors (Lipinski definition) is 3. The molecule has 4 nitrogen and oxygen atoms in total. The van der Waals surface area contributed by atoms with E-state index in [0.717, 1.165) is 30.2 Å². The van der Waals surface area contributed by atoms with E-state index in [4.69, 9.17) is 0 Å². The quantitative estimate of drug-likeness (QED) is 0.853. The molecule has 0 unspecified atom stereocenters. The number of amides is 1. The van der Waals surface area contributed by atoms with Gasteiger partial charge < -0.3 is 5.32 Å². The van der Waals surface area contributed by atoms with E-state index in [-0.39, 0.29) is 30.2 Å². The molecule has 1 amide bonds. The Bertz CT molecular complexity index is 595. The molecule has 0 radical (unpaired) electrons. The van der Waals surface area contributed by atoms with Crippen LogP contribution in [0.25, 0.3) is 0 Å². The van der Waals surface area contributed by atoms with Gasteiger partial charge >= 0.3 is 0 Å². The molecule has 0 aromatic heterocycles. The number of hydrogen-bond donors (Lipinski definition) is 1. The van der Waals surface area contributed by atoms with Gasteiger partial charge in [-0.15, -0.1) is 0 Å². The Morgan fingerprint density at radius 1 is 1.24 bits per heavy atom. The van der Waals surface area contributed by atoms with Crippen LogP contribution in [0, 0.1) is 0 Å². The summed E-state index contributed by atoms with van der Waals surface area (Å²) in [4.78, 5) is 28.9. The van der Waals surface area contributed by atoms with Crippen molar-refractivity contribution in [2.45, 2.75) is 44.2 Å². The first-order chi connectivity index (χ1) is 10.1. The summed E-state index contributed by atoms with van der Waals surface area (Å²) >= 11 is 3.34. The summed E-state index contributed by atoms with van der Waals surface area (Å²) in [5, 5.41) is 3.00. The zero-order valence-electron chi connectivity index (χ0n) is 11.6. The fraction of sp³-hybridized carbons (Fsp3) is 0.438. The second kappa shape index (κ2) is 6.10. The van der Waals surface area contributed by atoms with Crippen LogP contribution in [0.3, 0.4) is 0 Å². The maximum Gasteiger partial charge on any atom is 0.265 e. The predicted octanol–water partition coefficient (Wildman–Crippen LogP) is 2.90. The molecule has 3 rings (SSSR count). The lowest BCUT2D eigenvalue weighted by atomic mass is 9.88. The number of carbonyl (C=O) groups is 2. The number of nitrogens with zero attached hydrogens (tertiary/aromatic N) is 1. The van der Waals surface area contributed by atoms with Crippen LogP contribution >= 0.6 is 15.9 Å². The van der Waals surface area contributed by atoms with Crippen LogP contribution < -0.4 is 5.32 Å². The lowest BCUT2D eigenvalue weighted by Crippen LogP contribution is -2.51. The summed E-state index contributed by atoms with van der Waals surface area (Å²) in [6, 6.07) is 7.50. The fourth-order valence-corrected chi connectivity index (χ4v) is 3.22. The smallest absolute Gasteiger partial charge is 0.265 e. The minimum Gasteiger partial charge on any atom is -0.346 e. The van der Waals surface area contributed by atoms with E-state index < -0.39 is 0 Å². The third-order valence-corrected chi connectivity index (χ3v) is 4.65. The van der Waals surface area contributed by atoms with Crippen molar-refractivity contribution in [1.82, 2.24) is 5.32 Å². The minimum atomic E-state index is -0.177. The topological polar surface area (TPSA) is 58.5 Å². The Labute approximate surface area is 132 Å². The lowest BCUT2D eigenvalue weighted by molar-refractivity contribution is -0.116. The van der Waals surface area contributed by atoms with Gasteiger partial charge in [0, 0.05) is 10.0 Å². The molecule has 0 spiro atoms. The third kappa shape index (κ3) is 3.23. The van der Waals surface area contributed by atoms with Gasteiger partial charge in [0.2, 0.25) is 0 Å². The van der Waals surface area contributed by atoms with Gasteiger partial charge in [-0.1, -0.05) is 40.9 Å². The predicted molar refractivity (Wildman–Crippen MR) is 84.7 cm³/mol. The number of fused-ring (bicyclic) bond motifs is 1. The van der Waals surface area contributed by atoms with Gasteiger partial charge in [0.15, 0.2) is 5.78 Å². The van der Waals surface area contributed by atoms with E-state index in [1.807, 2.05) is 12.1 Å². The zero-order valence-corrected chi connectivity index (χ0v) is 13.2. The molecule has 0 saturated heterocycles. The summed E-state index contributed by atoms with van der Waals surface area (Å²) in [6.45, 7) is 0. The van der Waals surface area contributed by atoms with E-state index >= 15 is 0 Å². The molecule has 1 heterocycles. The van der Waals surface area contributed by atoms with Crippen LogP contribution in [0.15, 0.2) is 33.7 Å². The summed E-state index contributed by atoms with van der Waals surface area (Å²) in [6.07, 6.45) is 4.37. The number of Topliss-reactive ketones (excluding diaryl/α,β-unsaturated/α-hetero) is 1. The average molecular weight is 349 g/mol. The first kappa shape index (κ1) is 14.4. The Morgan fingerprint density at radius 2 is 1.95 bits per heavy atom. The van der Waals surface area contributed by atoms with Gasteiger partial charge in [-0.25, -0.2) is 0 Å². The number of nitrogens with one attached hydrogen (secondary N) is 1. The highest BCUT2D eigenvalue weighted by molar-refractivity contribution is 9.10. The molecule has 1 aromatic carbocycles. The molecular weight excluding hydrogens is 332 g/mol. The van der Waals surface area contributed by atoms with Crippen molar-refractivity contribution in [3.8, 4) is 0 Å². The molecule has 0 bridgehead atoms. The van der Waals surface area contributed by atoms with Crippen LogP contribution in [-0.4, -0.2) is 29.5 Å². The van der Waals surface area contributed by atoms with Crippen LogP contribution in [0.1, 0.15) is 42.5 Å². The molecule has 21 heavy (non-hydrogen) atoms. The normalized spacial score (nSPS) is 24.8. The van der Waals surface area contributed by atoms with E-state index in [1.165, 1.54) is 0 Å². The maximum absolute atomic E-state index is 12.3. The number of halogens is 1. The van der Waals surface area contributed by atoms with E-state index in [2.05, 4.69) is 26.2 Å². The summed E-state index contributed by atoms with van der Waals surface area (Å²) in [5.41, 5.74) is 0.991. The van der Waals surface area contributed by atoms with Gasteiger partial charge in [-0.3, -0.25) is 14.6 Å². The Morgan fingerprint density at radius 3 is 2.71 bits per heavy atom. The average Bonchev–Trinajstić information content (AvgIpc) is 2.48. The molecular formula is C16H17BrN2O2. The molecule has 1 fully saturated rings.